The number of sulfonamides is 1. The highest BCUT2D eigenvalue weighted by atomic mass is 32.2. The molecule has 2 aliphatic rings. The van der Waals surface area contributed by atoms with Crippen LogP contribution in [0, 0.1) is 0 Å². The van der Waals surface area contributed by atoms with Crippen LogP contribution < -0.4 is 0 Å². The van der Waals surface area contributed by atoms with Gasteiger partial charge in [0.05, 0.1) is 18.8 Å². The van der Waals surface area contributed by atoms with Crippen molar-refractivity contribution in [2.75, 3.05) is 25.9 Å². The van der Waals surface area contributed by atoms with Crippen LogP contribution in [0.15, 0.2) is 23.0 Å². The molecule has 2 aliphatic heterocycles. The molecule has 0 radical (unpaired) electrons. The highest BCUT2D eigenvalue weighted by Gasteiger charge is 2.45. The largest absolute Gasteiger partial charge is 0.472 e. The summed E-state index contributed by atoms with van der Waals surface area (Å²) >= 11 is 0. The Hall–Kier alpha value is -0.850. The molecule has 2 saturated heterocycles. The minimum Gasteiger partial charge on any atom is -0.472 e. The average molecular weight is 312 g/mol. The van der Waals surface area contributed by atoms with E-state index in [1.807, 2.05) is 6.07 Å². The Morgan fingerprint density at radius 3 is 2.76 bits per heavy atom. The molecule has 21 heavy (non-hydrogen) atoms. The maximum absolute atomic E-state index is 12.2. The maximum atomic E-state index is 12.2. The van der Waals surface area contributed by atoms with E-state index in [4.69, 9.17) is 4.42 Å². The molecule has 6 heteroatoms. The highest BCUT2D eigenvalue weighted by molar-refractivity contribution is 7.88. The minimum absolute atomic E-state index is 0.187. The molecule has 1 spiro atoms. The lowest BCUT2D eigenvalue weighted by atomic mass is 9.81. The van der Waals surface area contributed by atoms with Crippen LogP contribution in [0.25, 0.3) is 0 Å². The third-order valence-corrected chi connectivity index (χ3v) is 6.17. The summed E-state index contributed by atoms with van der Waals surface area (Å²) < 4.78 is 31.3. The molecule has 1 unspecified atom stereocenters. The zero-order valence-electron chi connectivity index (χ0n) is 12.6. The molecule has 1 aromatic rings. The van der Waals surface area contributed by atoms with Crippen LogP contribution in [0.4, 0.5) is 0 Å². The summed E-state index contributed by atoms with van der Waals surface area (Å²) in [4.78, 5) is 2.37. The first-order valence-corrected chi connectivity index (χ1v) is 9.56. The van der Waals surface area contributed by atoms with Crippen molar-refractivity contribution in [3.05, 3.63) is 24.2 Å². The maximum Gasteiger partial charge on any atom is 0.211 e. The van der Waals surface area contributed by atoms with Gasteiger partial charge < -0.3 is 4.42 Å². The molecule has 5 nitrogen and oxygen atoms in total. The SMILES string of the molecule is CS(=O)(=O)N1CCCCC12CCCN(Cc1ccoc1)C2. The van der Waals surface area contributed by atoms with E-state index in [-0.39, 0.29) is 5.54 Å². The summed E-state index contributed by atoms with van der Waals surface area (Å²) in [5, 5.41) is 0. The van der Waals surface area contributed by atoms with E-state index in [2.05, 4.69) is 4.90 Å². The van der Waals surface area contributed by atoms with E-state index in [9.17, 15) is 8.42 Å². The molecule has 118 valence electrons. The lowest BCUT2D eigenvalue weighted by Crippen LogP contribution is -2.61. The van der Waals surface area contributed by atoms with E-state index in [0.717, 1.165) is 57.3 Å². The van der Waals surface area contributed by atoms with Crippen LogP contribution in [-0.2, 0) is 16.6 Å². The van der Waals surface area contributed by atoms with Gasteiger partial charge in [0.2, 0.25) is 10.0 Å². The van der Waals surface area contributed by atoms with Gasteiger partial charge >= 0.3 is 0 Å². The first-order valence-electron chi connectivity index (χ1n) is 7.71. The number of furan rings is 1. The predicted octanol–water partition coefficient (Wildman–Crippen LogP) is 2.06. The van der Waals surface area contributed by atoms with Crippen LogP contribution in [0.3, 0.4) is 0 Å². The monoisotopic (exact) mass is 312 g/mol. The zero-order valence-corrected chi connectivity index (χ0v) is 13.4. The molecule has 0 saturated carbocycles. The molecular weight excluding hydrogens is 288 g/mol. The topological polar surface area (TPSA) is 53.8 Å². The summed E-state index contributed by atoms with van der Waals surface area (Å²) in [6.45, 7) is 3.39. The first kappa shape index (κ1) is 15.1. The Balaban J connectivity index is 1.79. The Morgan fingerprint density at radius 1 is 1.24 bits per heavy atom. The van der Waals surface area contributed by atoms with Gasteiger partial charge in [-0.2, -0.15) is 4.31 Å². The third kappa shape index (κ3) is 3.17. The molecule has 3 heterocycles. The number of piperidine rings is 2. The summed E-state index contributed by atoms with van der Waals surface area (Å²) in [5.41, 5.74) is 0.974. The Bertz CT molecular complexity index is 566. The van der Waals surface area contributed by atoms with Gasteiger partial charge in [-0.3, -0.25) is 4.90 Å². The van der Waals surface area contributed by atoms with Crippen LogP contribution in [0.2, 0.25) is 0 Å². The Morgan fingerprint density at radius 2 is 2.05 bits per heavy atom. The second-order valence-corrected chi connectivity index (χ2v) is 8.37. The summed E-state index contributed by atoms with van der Waals surface area (Å²) in [5.74, 6) is 0. The van der Waals surface area contributed by atoms with Crippen molar-refractivity contribution in [1.29, 1.82) is 0 Å². The van der Waals surface area contributed by atoms with E-state index in [1.54, 1.807) is 16.8 Å². The number of hydrogen-bond donors (Lipinski definition) is 0. The van der Waals surface area contributed by atoms with Gasteiger partial charge in [-0.15, -0.1) is 0 Å². The van der Waals surface area contributed by atoms with Crippen LogP contribution >= 0.6 is 0 Å². The molecule has 2 fully saturated rings. The van der Waals surface area contributed by atoms with Crippen molar-refractivity contribution in [2.24, 2.45) is 0 Å². The molecule has 0 aromatic carbocycles. The van der Waals surface area contributed by atoms with Crippen molar-refractivity contribution in [3.8, 4) is 0 Å². The van der Waals surface area contributed by atoms with Gasteiger partial charge in [0.15, 0.2) is 0 Å². The van der Waals surface area contributed by atoms with Crippen LogP contribution in [0.5, 0.6) is 0 Å². The van der Waals surface area contributed by atoms with E-state index in [1.165, 1.54) is 6.26 Å². The predicted molar refractivity (Wildman–Crippen MR) is 81.4 cm³/mol. The van der Waals surface area contributed by atoms with Gasteiger partial charge in [-0.25, -0.2) is 8.42 Å². The zero-order chi connectivity index (χ0) is 14.9. The second-order valence-electron chi connectivity index (χ2n) is 6.46. The summed E-state index contributed by atoms with van der Waals surface area (Å²) in [7, 11) is -3.13. The van der Waals surface area contributed by atoms with Crippen molar-refractivity contribution < 1.29 is 12.8 Å². The van der Waals surface area contributed by atoms with Gasteiger partial charge in [0.1, 0.15) is 0 Å². The van der Waals surface area contributed by atoms with Crippen LogP contribution in [0.1, 0.15) is 37.7 Å². The fraction of sp³-hybridized carbons (Fsp3) is 0.733. The number of hydrogen-bond acceptors (Lipinski definition) is 4. The normalized spacial score (nSPS) is 29.0. The molecular formula is C15H24N2O3S. The van der Waals surface area contributed by atoms with E-state index < -0.39 is 10.0 Å². The molecule has 1 aromatic heterocycles. The minimum atomic E-state index is -3.13. The smallest absolute Gasteiger partial charge is 0.211 e. The second kappa shape index (κ2) is 5.74. The first-order chi connectivity index (χ1) is 10.00. The van der Waals surface area contributed by atoms with Gasteiger partial charge in [-0.1, -0.05) is 6.42 Å². The summed E-state index contributed by atoms with van der Waals surface area (Å²) in [6, 6.07) is 1.98. The molecule has 0 N–H and O–H groups in total. The fourth-order valence-electron chi connectivity index (χ4n) is 3.98. The fourth-order valence-corrected chi connectivity index (χ4v) is 5.38. The number of nitrogens with zero attached hydrogens (tertiary/aromatic N) is 2. The van der Waals surface area contributed by atoms with Crippen molar-refractivity contribution >= 4 is 10.0 Å². The molecule has 1 atom stereocenters. The highest BCUT2D eigenvalue weighted by Crippen LogP contribution is 2.38. The molecule has 0 amide bonds. The lowest BCUT2D eigenvalue weighted by molar-refractivity contribution is 0.0336. The average Bonchev–Trinajstić information content (AvgIpc) is 2.91. The van der Waals surface area contributed by atoms with Crippen molar-refractivity contribution in [2.45, 2.75) is 44.2 Å². The van der Waals surface area contributed by atoms with E-state index >= 15 is 0 Å². The van der Waals surface area contributed by atoms with Crippen molar-refractivity contribution in [1.82, 2.24) is 9.21 Å². The van der Waals surface area contributed by atoms with E-state index in [0.29, 0.717) is 6.54 Å². The number of likely N-dealkylation sites (tertiary alicyclic amines) is 1. The third-order valence-electron chi connectivity index (χ3n) is 4.80. The molecule has 3 rings (SSSR count). The molecule has 0 bridgehead atoms. The Kier molecular flexibility index (Phi) is 4.12. The van der Waals surface area contributed by atoms with Crippen LogP contribution in [-0.4, -0.2) is 49.1 Å². The number of rotatable bonds is 3. The van der Waals surface area contributed by atoms with Gasteiger partial charge in [0, 0.05) is 30.7 Å². The quantitative estimate of drug-likeness (QED) is 0.857. The Labute approximate surface area is 127 Å². The lowest BCUT2D eigenvalue weighted by Gasteiger charge is -2.51. The summed E-state index contributed by atoms with van der Waals surface area (Å²) in [6.07, 6.45) is 9.97. The standard InChI is InChI=1S/C15H24N2O3S/c1-21(18,19)17-9-3-2-6-15(17)7-4-8-16(13-15)11-14-5-10-20-12-14/h5,10,12H,2-4,6-9,11,13H2,1H3. The van der Waals surface area contributed by atoms with Crippen molar-refractivity contribution in [3.63, 3.8) is 0 Å². The molecule has 0 aliphatic carbocycles. The van der Waals surface area contributed by atoms with Gasteiger partial charge in [0.25, 0.3) is 0 Å². The van der Waals surface area contributed by atoms with Gasteiger partial charge in [-0.05, 0) is 38.3 Å².